The number of urea groups is 1. The van der Waals surface area contributed by atoms with Crippen LogP contribution in [-0.4, -0.2) is 48.9 Å². The first kappa shape index (κ1) is 20.8. The second kappa shape index (κ2) is 8.12. The number of nitrogens with zero attached hydrogens (tertiary/aromatic N) is 5. The molecule has 1 spiro atoms. The van der Waals surface area contributed by atoms with Gasteiger partial charge in [0.05, 0.1) is 23.5 Å². The van der Waals surface area contributed by atoms with E-state index in [1.807, 2.05) is 13.2 Å². The number of ketones is 1. The van der Waals surface area contributed by atoms with Crippen LogP contribution in [0, 0.1) is 5.41 Å². The molecular weight excluding hydrogens is 424 g/mol. The zero-order valence-electron chi connectivity index (χ0n) is 18.0. The predicted octanol–water partition coefficient (Wildman–Crippen LogP) is 3.17. The summed E-state index contributed by atoms with van der Waals surface area (Å²) in [4.78, 5) is 46.8. The standard InChI is InChI=1S/C23H22N6O4/c1-28-14-15(12-26-28)19-10-17(5-8-24-19)33-18-2-3-20(25-13-18)27-22(32)29-9-7-23(21(29)31)6-4-16(30)11-23/h2-3,5,8,10,12-14H,4,6-7,9,11H2,1H3,(H,25,27,32). The van der Waals surface area contributed by atoms with E-state index < -0.39 is 11.4 Å². The van der Waals surface area contributed by atoms with Crippen molar-refractivity contribution >= 4 is 23.5 Å². The van der Waals surface area contributed by atoms with Gasteiger partial charge in [0.1, 0.15) is 23.1 Å². The average molecular weight is 446 g/mol. The molecule has 1 saturated carbocycles. The van der Waals surface area contributed by atoms with Gasteiger partial charge in [-0.1, -0.05) is 0 Å². The molecule has 1 aliphatic carbocycles. The SMILES string of the molecule is Cn1cc(-c2cc(Oc3ccc(NC(=O)N4CCC5(CCC(=O)C5)C4=O)nc3)ccn2)cn1. The van der Waals surface area contributed by atoms with Gasteiger partial charge in [-0.25, -0.2) is 9.78 Å². The maximum Gasteiger partial charge on any atom is 0.329 e. The zero-order valence-corrected chi connectivity index (χ0v) is 18.0. The van der Waals surface area contributed by atoms with E-state index in [2.05, 4.69) is 20.4 Å². The summed E-state index contributed by atoms with van der Waals surface area (Å²) < 4.78 is 7.56. The van der Waals surface area contributed by atoms with E-state index in [1.165, 1.54) is 11.1 Å². The summed E-state index contributed by atoms with van der Waals surface area (Å²) in [5.74, 6) is 1.19. The van der Waals surface area contributed by atoms with Crippen LogP contribution in [0.1, 0.15) is 25.7 Å². The van der Waals surface area contributed by atoms with Gasteiger partial charge in [-0.2, -0.15) is 5.10 Å². The minimum absolute atomic E-state index is 0.0876. The number of hydrogen-bond donors (Lipinski definition) is 1. The highest BCUT2D eigenvalue weighted by Gasteiger charge is 2.52. The molecule has 10 heteroatoms. The maximum atomic E-state index is 12.8. The van der Waals surface area contributed by atoms with Gasteiger partial charge in [0.15, 0.2) is 0 Å². The third-order valence-electron chi connectivity index (χ3n) is 6.11. The van der Waals surface area contributed by atoms with Gasteiger partial charge in [0, 0.05) is 50.5 Å². The largest absolute Gasteiger partial charge is 0.456 e. The van der Waals surface area contributed by atoms with E-state index in [9.17, 15) is 14.4 Å². The molecule has 0 aromatic carbocycles. The molecule has 1 N–H and O–H groups in total. The highest BCUT2D eigenvalue weighted by Crippen LogP contribution is 2.45. The Morgan fingerprint density at radius 1 is 1.12 bits per heavy atom. The third-order valence-corrected chi connectivity index (χ3v) is 6.11. The van der Waals surface area contributed by atoms with Crippen LogP contribution in [0.4, 0.5) is 10.6 Å². The summed E-state index contributed by atoms with van der Waals surface area (Å²) in [6, 6.07) is 6.28. The summed E-state index contributed by atoms with van der Waals surface area (Å²) in [5.41, 5.74) is 0.910. The van der Waals surface area contributed by atoms with Crippen molar-refractivity contribution < 1.29 is 19.1 Å². The number of rotatable bonds is 4. The third kappa shape index (κ3) is 4.07. The monoisotopic (exact) mass is 446 g/mol. The van der Waals surface area contributed by atoms with Crippen LogP contribution in [-0.2, 0) is 16.6 Å². The van der Waals surface area contributed by atoms with Crippen molar-refractivity contribution in [3.05, 3.63) is 49.1 Å². The Labute approximate surface area is 189 Å². The first-order valence-electron chi connectivity index (χ1n) is 10.7. The maximum absolute atomic E-state index is 12.8. The Hall–Kier alpha value is -4.08. The van der Waals surface area contributed by atoms with Crippen LogP contribution in [0.3, 0.4) is 0 Å². The molecule has 1 saturated heterocycles. The Bertz CT molecular complexity index is 1240. The summed E-state index contributed by atoms with van der Waals surface area (Å²) in [6.07, 6.45) is 8.42. The van der Waals surface area contributed by atoms with Gasteiger partial charge in [-0.3, -0.25) is 29.5 Å². The molecule has 168 valence electrons. The minimum Gasteiger partial charge on any atom is -0.456 e. The lowest BCUT2D eigenvalue weighted by molar-refractivity contribution is -0.134. The zero-order chi connectivity index (χ0) is 23.0. The van der Waals surface area contributed by atoms with Crippen LogP contribution in [0.25, 0.3) is 11.3 Å². The van der Waals surface area contributed by atoms with Crippen molar-refractivity contribution in [2.75, 3.05) is 11.9 Å². The smallest absolute Gasteiger partial charge is 0.329 e. The number of pyridine rings is 2. The highest BCUT2D eigenvalue weighted by molar-refractivity contribution is 6.06. The van der Waals surface area contributed by atoms with Crippen LogP contribution in [0.2, 0.25) is 0 Å². The molecule has 1 unspecified atom stereocenters. The molecule has 3 amide bonds. The number of aryl methyl sites for hydroxylation is 1. The number of Topliss-reactive ketones (excluding diaryl/α,β-unsaturated/α-hetero) is 1. The lowest BCUT2D eigenvalue weighted by atomic mass is 9.85. The molecule has 3 aromatic heterocycles. The Balaban J connectivity index is 1.22. The van der Waals surface area contributed by atoms with Crippen molar-refractivity contribution in [1.29, 1.82) is 0 Å². The topological polar surface area (TPSA) is 119 Å². The molecule has 33 heavy (non-hydrogen) atoms. The van der Waals surface area contributed by atoms with E-state index in [0.717, 1.165) is 11.3 Å². The van der Waals surface area contributed by atoms with Crippen LogP contribution in [0.15, 0.2) is 49.1 Å². The highest BCUT2D eigenvalue weighted by atomic mass is 16.5. The molecule has 2 fully saturated rings. The van der Waals surface area contributed by atoms with Crippen molar-refractivity contribution in [3.63, 3.8) is 0 Å². The quantitative estimate of drug-likeness (QED) is 0.654. The van der Waals surface area contributed by atoms with E-state index >= 15 is 0 Å². The molecule has 10 nitrogen and oxygen atoms in total. The van der Waals surface area contributed by atoms with E-state index in [4.69, 9.17) is 4.74 Å². The number of imide groups is 1. The normalized spacial score (nSPS) is 20.0. The lowest BCUT2D eigenvalue weighted by Gasteiger charge is -2.20. The van der Waals surface area contributed by atoms with Crippen LogP contribution in [0.5, 0.6) is 11.5 Å². The summed E-state index contributed by atoms with van der Waals surface area (Å²) in [7, 11) is 1.84. The van der Waals surface area contributed by atoms with E-state index in [-0.39, 0.29) is 18.1 Å². The second-order valence-electron chi connectivity index (χ2n) is 8.39. The van der Waals surface area contributed by atoms with E-state index in [0.29, 0.717) is 43.1 Å². The number of hydrogen-bond acceptors (Lipinski definition) is 7. The molecule has 1 aliphatic heterocycles. The fraction of sp³-hybridized carbons (Fsp3) is 0.304. The Morgan fingerprint density at radius 3 is 2.70 bits per heavy atom. The van der Waals surface area contributed by atoms with Gasteiger partial charge in [-0.15, -0.1) is 0 Å². The minimum atomic E-state index is -0.696. The van der Waals surface area contributed by atoms with Gasteiger partial charge in [0.2, 0.25) is 5.91 Å². The number of amides is 3. The van der Waals surface area contributed by atoms with Crippen molar-refractivity contribution in [3.8, 4) is 22.8 Å². The van der Waals surface area contributed by atoms with Crippen molar-refractivity contribution in [1.82, 2.24) is 24.6 Å². The number of nitrogens with one attached hydrogen (secondary N) is 1. The molecular formula is C23H22N6O4. The first-order valence-corrected chi connectivity index (χ1v) is 10.7. The first-order chi connectivity index (χ1) is 15.9. The fourth-order valence-electron chi connectivity index (χ4n) is 4.36. The lowest BCUT2D eigenvalue weighted by Crippen LogP contribution is -2.40. The average Bonchev–Trinajstić information content (AvgIpc) is 3.50. The molecule has 3 aromatic rings. The number of anilines is 1. The predicted molar refractivity (Wildman–Crippen MR) is 117 cm³/mol. The number of carbonyl (C=O) groups is 3. The second-order valence-corrected chi connectivity index (χ2v) is 8.39. The van der Waals surface area contributed by atoms with Crippen molar-refractivity contribution in [2.24, 2.45) is 12.5 Å². The fourth-order valence-corrected chi connectivity index (χ4v) is 4.36. The molecule has 5 rings (SSSR count). The van der Waals surface area contributed by atoms with Crippen LogP contribution >= 0.6 is 0 Å². The Kier molecular flexibility index (Phi) is 5.12. The summed E-state index contributed by atoms with van der Waals surface area (Å²) in [6.45, 7) is 0.306. The van der Waals surface area contributed by atoms with Gasteiger partial charge < -0.3 is 4.74 Å². The molecule has 0 bridgehead atoms. The molecule has 1 atom stereocenters. The van der Waals surface area contributed by atoms with Crippen LogP contribution < -0.4 is 10.1 Å². The molecule has 2 aliphatic rings. The van der Waals surface area contributed by atoms with E-state index in [1.54, 1.807) is 41.3 Å². The number of likely N-dealkylation sites (tertiary alicyclic amines) is 1. The number of aromatic nitrogens is 4. The summed E-state index contributed by atoms with van der Waals surface area (Å²) >= 11 is 0. The van der Waals surface area contributed by atoms with Crippen molar-refractivity contribution in [2.45, 2.75) is 25.7 Å². The van der Waals surface area contributed by atoms with Gasteiger partial charge in [-0.05, 0) is 31.0 Å². The summed E-state index contributed by atoms with van der Waals surface area (Å²) in [5, 5.41) is 6.80. The van der Waals surface area contributed by atoms with Gasteiger partial charge >= 0.3 is 6.03 Å². The number of ether oxygens (including phenoxy) is 1. The van der Waals surface area contributed by atoms with Gasteiger partial charge in [0.25, 0.3) is 0 Å². The molecule has 0 radical (unpaired) electrons. The number of carbonyl (C=O) groups excluding carboxylic acids is 3. The Morgan fingerprint density at radius 2 is 2.00 bits per heavy atom. The molecule has 4 heterocycles.